The van der Waals surface area contributed by atoms with E-state index in [1.54, 1.807) is 24.3 Å². The molecule has 1 unspecified atom stereocenters. The van der Waals surface area contributed by atoms with Crippen LogP contribution in [0.1, 0.15) is 18.9 Å². The Balaban J connectivity index is 2.12. The van der Waals surface area contributed by atoms with E-state index in [9.17, 15) is 9.59 Å². The summed E-state index contributed by atoms with van der Waals surface area (Å²) in [7, 11) is 0. The number of aliphatic hydroxyl groups excluding tert-OH is 1. The monoisotopic (exact) mass is 326 g/mol. The zero-order valence-corrected chi connectivity index (χ0v) is 13.7. The van der Waals surface area contributed by atoms with Crippen molar-refractivity contribution in [1.29, 1.82) is 0 Å². The maximum atomic E-state index is 12.6. The van der Waals surface area contributed by atoms with Gasteiger partial charge in [0.05, 0.1) is 0 Å². The molecule has 0 aliphatic rings. The van der Waals surface area contributed by atoms with Crippen LogP contribution in [0, 0.1) is 0 Å². The van der Waals surface area contributed by atoms with Crippen molar-refractivity contribution < 1.29 is 14.7 Å². The van der Waals surface area contributed by atoms with Gasteiger partial charge in [-0.05, 0) is 31.0 Å². The second-order valence-electron chi connectivity index (χ2n) is 5.60. The number of nitrogens with zero attached hydrogens (tertiary/aromatic N) is 1. The zero-order chi connectivity index (χ0) is 17.4. The highest BCUT2D eigenvalue weighted by Crippen LogP contribution is 2.13. The number of anilines is 1. The molecular formula is C19H22N2O3. The van der Waals surface area contributed by atoms with Gasteiger partial charge in [-0.3, -0.25) is 9.59 Å². The second-order valence-corrected chi connectivity index (χ2v) is 5.60. The third-order valence-corrected chi connectivity index (χ3v) is 3.76. The zero-order valence-electron chi connectivity index (χ0n) is 13.7. The van der Waals surface area contributed by atoms with Crippen LogP contribution in [0.4, 0.5) is 5.69 Å². The molecule has 2 rings (SSSR count). The van der Waals surface area contributed by atoms with E-state index in [1.165, 1.54) is 4.90 Å². The first-order valence-electron chi connectivity index (χ1n) is 7.93. The first-order chi connectivity index (χ1) is 11.6. The molecule has 0 aliphatic heterocycles. The minimum Gasteiger partial charge on any atom is -0.396 e. The Labute approximate surface area is 141 Å². The average Bonchev–Trinajstić information content (AvgIpc) is 2.61. The second kappa shape index (κ2) is 8.84. The number of nitrogens with one attached hydrogen (secondary N) is 1. The minimum absolute atomic E-state index is 0.0416. The summed E-state index contributed by atoms with van der Waals surface area (Å²) in [6.45, 7) is 2.11. The van der Waals surface area contributed by atoms with E-state index in [1.807, 2.05) is 43.3 Å². The van der Waals surface area contributed by atoms with Gasteiger partial charge in [-0.2, -0.15) is 0 Å². The highest BCUT2D eigenvalue weighted by molar-refractivity contribution is 6.39. The molecule has 0 heterocycles. The summed E-state index contributed by atoms with van der Waals surface area (Å²) < 4.78 is 0. The SMILES string of the molecule is CC(CCO)N(Cc1ccccc1)C(=O)C(=O)Nc1ccccc1. The predicted octanol–water partition coefficient (Wildman–Crippen LogP) is 2.42. The lowest BCUT2D eigenvalue weighted by Crippen LogP contribution is -2.44. The van der Waals surface area contributed by atoms with Gasteiger partial charge in [-0.1, -0.05) is 48.5 Å². The number of hydrogen-bond donors (Lipinski definition) is 2. The molecule has 0 spiro atoms. The van der Waals surface area contributed by atoms with Gasteiger partial charge in [0.2, 0.25) is 0 Å². The van der Waals surface area contributed by atoms with Crippen LogP contribution in [-0.4, -0.2) is 34.5 Å². The first-order valence-corrected chi connectivity index (χ1v) is 7.93. The van der Waals surface area contributed by atoms with Gasteiger partial charge in [0, 0.05) is 24.9 Å². The van der Waals surface area contributed by atoms with Crippen molar-refractivity contribution in [2.45, 2.75) is 25.9 Å². The Hall–Kier alpha value is -2.66. The topological polar surface area (TPSA) is 69.6 Å². The van der Waals surface area contributed by atoms with Crippen molar-refractivity contribution in [3.8, 4) is 0 Å². The van der Waals surface area contributed by atoms with Crippen molar-refractivity contribution >= 4 is 17.5 Å². The molecule has 2 N–H and O–H groups in total. The molecule has 2 aromatic rings. The molecule has 0 aliphatic carbocycles. The molecule has 2 amide bonds. The summed E-state index contributed by atoms with van der Waals surface area (Å²) in [4.78, 5) is 26.4. The van der Waals surface area contributed by atoms with E-state index >= 15 is 0 Å². The van der Waals surface area contributed by atoms with Crippen LogP contribution in [0.2, 0.25) is 0 Å². The van der Waals surface area contributed by atoms with Crippen molar-refractivity contribution in [3.05, 3.63) is 66.2 Å². The summed E-state index contributed by atoms with van der Waals surface area (Å²) in [6.07, 6.45) is 0.414. The van der Waals surface area contributed by atoms with Crippen molar-refractivity contribution in [2.24, 2.45) is 0 Å². The lowest BCUT2D eigenvalue weighted by atomic mass is 10.1. The molecule has 0 fully saturated rings. The standard InChI is InChI=1S/C19H22N2O3/c1-15(12-13-22)21(14-16-8-4-2-5-9-16)19(24)18(23)20-17-10-6-3-7-11-17/h2-11,15,22H,12-14H2,1H3,(H,20,23). The van der Waals surface area contributed by atoms with Crippen LogP contribution in [0.25, 0.3) is 0 Å². The number of aliphatic hydroxyl groups is 1. The molecule has 5 nitrogen and oxygen atoms in total. The third kappa shape index (κ3) is 4.93. The maximum Gasteiger partial charge on any atom is 0.313 e. The largest absolute Gasteiger partial charge is 0.396 e. The lowest BCUT2D eigenvalue weighted by molar-refractivity contribution is -0.145. The molecule has 0 aromatic heterocycles. The predicted molar refractivity (Wildman–Crippen MR) is 93.2 cm³/mol. The summed E-state index contributed by atoms with van der Waals surface area (Å²) in [5.74, 6) is -1.29. The maximum absolute atomic E-state index is 12.6. The van der Waals surface area contributed by atoms with E-state index in [0.717, 1.165) is 5.56 Å². The fourth-order valence-electron chi connectivity index (χ4n) is 2.39. The van der Waals surface area contributed by atoms with Crippen molar-refractivity contribution in [1.82, 2.24) is 4.90 Å². The van der Waals surface area contributed by atoms with Crippen LogP contribution in [0.5, 0.6) is 0 Å². The molecule has 0 saturated heterocycles. The van der Waals surface area contributed by atoms with Gasteiger partial charge in [0.25, 0.3) is 0 Å². The fourth-order valence-corrected chi connectivity index (χ4v) is 2.39. The number of benzene rings is 2. The Morgan fingerprint density at radius 3 is 2.21 bits per heavy atom. The number of carbonyl (C=O) groups excluding carboxylic acids is 2. The highest BCUT2D eigenvalue weighted by Gasteiger charge is 2.26. The molecule has 0 radical (unpaired) electrons. The van der Waals surface area contributed by atoms with Gasteiger partial charge in [0.1, 0.15) is 0 Å². The van der Waals surface area contributed by atoms with Crippen LogP contribution < -0.4 is 5.32 Å². The molecule has 2 aromatic carbocycles. The Kier molecular flexibility index (Phi) is 6.51. The molecule has 126 valence electrons. The van der Waals surface area contributed by atoms with Crippen LogP contribution >= 0.6 is 0 Å². The summed E-state index contributed by atoms with van der Waals surface area (Å²) in [5, 5.41) is 11.8. The number of hydrogen-bond acceptors (Lipinski definition) is 3. The molecule has 24 heavy (non-hydrogen) atoms. The highest BCUT2D eigenvalue weighted by atomic mass is 16.3. The number of amides is 2. The average molecular weight is 326 g/mol. The summed E-state index contributed by atoms with van der Waals surface area (Å²) in [5.41, 5.74) is 1.51. The molecule has 1 atom stereocenters. The van der Waals surface area contributed by atoms with Gasteiger partial charge >= 0.3 is 11.8 Å². The van der Waals surface area contributed by atoms with E-state index in [4.69, 9.17) is 5.11 Å². The lowest BCUT2D eigenvalue weighted by Gasteiger charge is -2.28. The van der Waals surface area contributed by atoms with Crippen LogP contribution in [0.3, 0.4) is 0 Å². The van der Waals surface area contributed by atoms with Crippen LogP contribution in [-0.2, 0) is 16.1 Å². The van der Waals surface area contributed by atoms with Crippen LogP contribution in [0.15, 0.2) is 60.7 Å². The number of rotatable bonds is 6. The Bertz CT molecular complexity index is 659. The smallest absolute Gasteiger partial charge is 0.313 e. The quantitative estimate of drug-likeness (QED) is 0.801. The third-order valence-electron chi connectivity index (χ3n) is 3.76. The number of carbonyl (C=O) groups is 2. The Morgan fingerprint density at radius 1 is 1.04 bits per heavy atom. The molecule has 0 saturated carbocycles. The minimum atomic E-state index is -0.679. The van der Waals surface area contributed by atoms with E-state index in [0.29, 0.717) is 18.7 Å². The van der Waals surface area contributed by atoms with Gasteiger partial charge in [0.15, 0.2) is 0 Å². The first kappa shape index (κ1) is 17.7. The van der Waals surface area contributed by atoms with Crippen molar-refractivity contribution in [3.63, 3.8) is 0 Å². The normalized spacial score (nSPS) is 11.6. The molecule has 0 bridgehead atoms. The summed E-state index contributed by atoms with van der Waals surface area (Å²) >= 11 is 0. The summed E-state index contributed by atoms with van der Waals surface area (Å²) in [6, 6.07) is 18.1. The van der Waals surface area contributed by atoms with E-state index < -0.39 is 11.8 Å². The number of para-hydroxylation sites is 1. The van der Waals surface area contributed by atoms with E-state index in [2.05, 4.69) is 5.32 Å². The molecule has 5 heteroatoms. The molecular weight excluding hydrogens is 304 g/mol. The van der Waals surface area contributed by atoms with Gasteiger partial charge in [-0.15, -0.1) is 0 Å². The Morgan fingerprint density at radius 2 is 1.62 bits per heavy atom. The fraction of sp³-hybridized carbons (Fsp3) is 0.263. The van der Waals surface area contributed by atoms with Gasteiger partial charge in [-0.25, -0.2) is 0 Å². The van der Waals surface area contributed by atoms with Gasteiger partial charge < -0.3 is 15.3 Å². The van der Waals surface area contributed by atoms with Crippen molar-refractivity contribution in [2.75, 3.05) is 11.9 Å². The van der Waals surface area contributed by atoms with E-state index in [-0.39, 0.29) is 12.6 Å².